The summed E-state index contributed by atoms with van der Waals surface area (Å²) in [5.41, 5.74) is -0.393. The summed E-state index contributed by atoms with van der Waals surface area (Å²) in [6.45, 7) is 3.87. The van der Waals surface area contributed by atoms with Crippen LogP contribution in [0.4, 0.5) is 10.2 Å². The van der Waals surface area contributed by atoms with Crippen LogP contribution in [0.2, 0.25) is 0 Å². The Morgan fingerprint density at radius 2 is 1.97 bits per heavy atom. The van der Waals surface area contributed by atoms with Gasteiger partial charge in [-0.2, -0.15) is 0 Å². The van der Waals surface area contributed by atoms with Gasteiger partial charge in [0.05, 0.1) is 17.1 Å². The van der Waals surface area contributed by atoms with Crippen LogP contribution in [0.1, 0.15) is 56.3 Å². The highest BCUT2D eigenvalue weighted by Gasteiger charge is 2.22. The third kappa shape index (κ3) is 6.24. The lowest BCUT2D eigenvalue weighted by atomic mass is 9.90. The molecule has 0 spiro atoms. The van der Waals surface area contributed by atoms with Gasteiger partial charge >= 0.3 is 0 Å². The van der Waals surface area contributed by atoms with E-state index in [4.69, 9.17) is 4.74 Å². The smallest absolute Gasteiger partial charge is 0.259 e. The van der Waals surface area contributed by atoms with Crippen molar-refractivity contribution in [1.29, 1.82) is 0 Å². The van der Waals surface area contributed by atoms with Crippen molar-refractivity contribution >= 4 is 21.7 Å². The number of amides is 1. The first kappa shape index (κ1) is 23.1. The number of nitrogens with one attached hydrogen (secondary N) is 2. The second-order valence-corrected chi connectivity index (χ2v) is 9.75. The molecule has 0 saturated heterocycles. The van der Waals surface area contributed by atoms with Gasteiger partial charge in [-0.3, -0.25) is 4.79 Å². The van der Waals surface area contributed by atoms with Crippen LogP contribution in [-0.2, 0) is 10.0 Å². The quantitative estimate of drug-likeness (QED) is 0.632. The normalized spacial score (nSPS) is 15.1. The number of carbonyl (C=O) groups is 1. The summed E-state index contributed by atoms with van der Waals surface area (Å²) in [5.74, 6) is -0.615. The molecule has 1 aliphatic rings. The predicted molar refractivity (Wildman–Crippen MR) is 116 cm³/mol. The molecule has 0 aliphatic heterocycles. The molecule has 1 aliphatic carbocycles. The van der Waals surface area contributed by atoms with E-state index in [0.29, 0.717) is 18.3 Å². The Morgan fingerprint density at radius 3 is 2.68 bits per heavy atom. The van der Waals surface area contributed by atoms with Crippen LogP contribution in [0, 0.1) is 11.7 Å². The van der Waals surface area contributed by atoms with Crippen molar-refractivity contribution in [2.75, 3.05) is 11.9 Å². The van der Waals surface area contributed by atoms with E-state index >= 15 is 0 Å². The number of hydrogen-bond donors (Lipinski definition) is 2. The molecule has 0 atom stereocenters. The maximum atomic E-state index is 14.3. The zero-order chi connectivity index (χ0) is 22.4. The molecule has 1 fully saturated rings. The standard InChI is InChI=1S/C22H28FN3O4S/c1-15(2)26-31(28,29)17-10-11-19(23)18(13-17)22(27)25-21-20(9-6-12-24-21)30-14-16-7-4-3-5-8-16/h6,9-13,15-16,26H,3-5,7-8,14H2,1-2H3,(H,24,25,27). The maximum Gasteiger partial charge on any atom is 0.259 e. The van der Waals surface area contributed by atoms with Crippen LogP contribution in [0.15, 0.2) is 41.4 Å². The average Bonchev–Trinajstić information content (AvgIpc) is 2.73. The number of ether oxygens (including phenoxy) is 1. The Hall–Kier alpha value is -2.52. The van der Waals surface area contributed by atoms with Crippen LogP contribution in [0.25, 0.3) is 0 Å². The number of carbonyl (C=O) groups excluding carboxylic acids is 1. The molecule has 1 aromatic heterocycles. The topological polar surface area (TPSA) is 97.4 Å². The summed E-state index contributed by atoms with van der Waals surface area (Å²) in [7, 11) is -3.87. The number of pyridine rings is 1. The summed E-state index contributed by atoms with van der Waals surface area (Å²) in [4.78, 5) is 16.7. The average molecular weight is 450 g/mol. The summed E-state index contributed by atoms with van der Waals surface area (Å²) in [6, 6.07) is 6.14. The van der Waals surface area contributed by atoms with E-state index in [1.807, 2.05) is 0 Å². The van der Waals surface area contributed by atoms with Crippen LogP contribution >= 0.6 is 0 Å². The van der Waals surface area contributed by atoms with E-state index < -0.39 is 27.3 Å². The van der Waals surface area contributed by atoms with Gasteiger partial charge in [-0.25, -0.2) is 22.5 Å². The summed E-state index contributed by atoms with van der Waals surface area (Å²) in [5, 5.41) is 2.54. The Balaban J connectivity index is 1.76. The highest BCUT2D eigenvalue weighted by molar-refractivity contribution is 7.89. The molecule has 9 heteroatoms. The Kier molecular flexibility index (Phi) is 7.61. The first-order chi connectivity index (χ1) is 14.8. The lowest BCUT2D eigenvalue weighted by Gasteiger charge is -2.22. The molecule has 0 bridgehead atoms. The molecule has 0 unspecified atom stereocenters. The molecular weight excluding hydrogens is 421 g/mol. The first-order valence-electron chi connectivity index (χ1n) is 10.5. The molecule has 1 saturated carbocycles. The summed E-state index contributed by atoms with van der Waals surface area (Å²) < 4.78 is 47.4. The number of rotatable bonds is 8. The molecule has 2 aromatic rings. The molecule has 1 heterocycles. The Labute approximate surface area is 182 Å². The number of aromatic nitrogens is 1. The van der Waals surface area contributed by atoms with Gasteiger partial charge in [-0.15, -0.1) is 0 Å². The molecule has 31 heavy (non-hydrogen) atoms. The van der Waals surface area contributed by atoms with E-state index in [1.165, 1.54) is 25.5 Å². The van der Waals surface area contributed by atoms with Gasteiger partial charge in [0.25, 0.3) is 5.91 Å². The van der Waals surface area contributed by atoms with Crippen molar-refractivity contribution in [2.45, 2.75) is 56.9 Å². The molecule has 1 aromatic carbocycles. The van der Waals surface area contributed by atoms with Gasteiger partial charge in [0, 0.05) is 12.2 Å². The van der Waals surface area contributed by atoms with Crippen LogP contribution < -0.4 is 14.8 Å². The van der Waals surface area contributed by atoms with E-state index in [-0.39, 0.29) is 16.8 Å². The highest BCUT2D eigenvalue weighted by atomic mass is 32.2. The van der Waals surface area contributed by atoms with Crippen LogP contribution in [-0.4, -0.2) is 32.0 Å². The number of hydrogen-bond acceptors (Lipinski definition) is 5. The molecule has 2 N–H and O–H groups in total. The molecule has 0 radical (unpaired) electrons. The monoisotopic (exact) mass is 449 g/mol. The first-order valence-corrected chi connectivity index (χ1v) is 12.0. The molecule has 1 amide bonds. The van der Waals surface area contributed by atoms with Crippen molar-refractivity contribution in [3.05, 3.63) is 47.9 Å². The van der Waals surface area contributed by atoms with Gasteiger partial charge in [-0.1, -0.05) is 19.3 Å². The van der Waals surface area contributed by atoms with E-state index in [2.05, 4.69) is 15.0 Å². The van der Waals surface area contributed by atoms with Gasteiger partial charge in [-0.05, 0) is 62.9 Å². The lowest BCUT2D eigenvalue weighted by molar-refractivity contribution is 0.102. The minimum atomic E-state index is -3.87. The molecular formula is C22H28FN3O4S. The number of anilines is 1. The minimum absolute atomic E-state index is 0.163. The van der Waals surface area contributed by atoms with Crippen molar-refractivity contribution in [3.8, 4) is 5.75 Å². The molecule has 168 valence electrons. The third-order valence-electron chi connectivity index (χ3n) is 5.09. The lowest BCUT2D eigenvalue weighted by Crippen LogP contribution is -2.30. The number of halogens is 1. The third-order valence-corrected chi connectivity index (χ3v) is 6.74. The van der Waals surface area contributed by atoms with Gasteiger partial charge in [0.15, 0.2) is 11.6 Å². The van der Waals surface area contributed by atoms with Gasteiger partial charge < -0.3 is 10.1 Å². The van der Waals surface area contributed by atoms with Crippen LogP contribution in [0.3, 0.4) is 0 Å². The zero-order valence-corrected chi connectivity index (χ0v) is 18.5. The number of benzene rings is 1. The van der Waals surface area contributed by atoms with Crippen molar-refractivity contribution < 1.29 is 22.3 Å². The fourth-order valence-corrected chi connectivity index (χ4v) is 4.84. The maximum absolute atomic E-state index is 14.3. The number of sulfonamides is 1. The van der Waals surface area contributed by atoms with Crippen molar-refractivity contribution in [2.24, 2.45) is 5.92 Å². The minimum Gasteiger partial charge on any atom is -0.489 e. The van der Waals surface area contributed by atoms with E-state index in [9.17, 15) is 17.6 Å². The van der Waals surface area contributed by atoms with E-state index in [0.717, 1.165) is 31.0 Å². The van der Waals surface area contributed by atoms with Gasteiger partial charge in [0.1, 0.15) is 5.82 Å². The van der Waals surface area contributed by atoms with Crippen molar-refractivity contribution in [1.82, 2.24) is 9.71 Å². The molecule has 7 nitrogen and oxygen atoms in total. The zero-order valence-electron chi connectivity index (χ0n) is 17.7. The summed E-state index contributed by atoms with van der Waals surface area (Å²) in [6.07, 6.45) is 7.34. The van der Waals surface area contributed by atoms with Crippen LogP contribution in [0.5, 0.6) is 5.75 Å². The van der Waals surface area contributed by atoms with Crippen molar-refractivity contribution in [3.63, 3.8) is 0 Å². The van der Waals surface area contributed by atoms with E-state index in [1.54, 1.807) is 26.0 Å². The summed E-state index contributed by atoms with van der Waals surface area (Å²) >= 11 is 0. The highest BCUT2D eigenvalue weighted by Crippen LogP contribution is 2.27. The second-order valence-electron chi connectivity index (χ2n) is 8.04. The second kappa shape index (κ2) is 10.2. The number of nitrogens with zero attached hydrogens (tertiary/aromatic N) is 1. The van der Waals surface area contributed by atoms with Gasteiger partial charge in [0.2, 0.25) is 10.0 Å². The molecule has 3 rings (SSSR count). The largest absolute Gasteiger partial charge is 0.489 e. The fraction of sp³-hybridized carbons (Fsp3) is 0.455. The Morgan fingerprint density at radius 1 is 1.23 bits per heavy atom. The Bertz CT molecular complexity index is 1020. The fourth-order valence-electron chi connectivity index (χ4n) is 3.56. The predicted octanol–water partition coefficient (Wildman–Crippen LogP) is 4.12. The SMILES string of the molecule is CC(C)NS(=O)(=O)c1ccc(F)c(C(=O)Nc2ncccc2OCC2CCCCC2)c1.